The van der Waals surface area contributed by atoms with Gasteiger partial charge < -0.3 is 17.7 Å². The molecule has 0 amide bonds. The van der Waals surface area contributed by atoms with Gasteiger partial charge in [-0.25, -0.2) is 0 Å². The van der Waals surface area contributed by atoms with Crippen molar-refractivity contribution in [2.24, 2.45) is 0 Å². The van der Waals surface area contributed by atoms with Crippen LogP contribution in [0.15, 0.2) is 0 Å². The summed E-state index contributed by atoms with van der Waals surface area (Å²) >= 11 is 0. The second kappa shape index (κ2) is 4.47. The van der Waals surface area contributed by atoms with Crippen LogP contribution in [0.3, 0.4) is 0 Å². The van der Waals surface area contributed by atoms with Gasteiger partial charge in [-0.15, -0.1) is 0 Å². The molecule has 1 atom stereocenters. The number of halogens is 3. The molecular formula is C4H7BF3KO-. The van der Waals surface area contributed by atoms with Gasteiger partial charge in [0, 0.05) is 64.6 Å². The van der Waals surface area contributed by atoms with Gasteiger partial charge in [0.2, 0.25) is 0 Å². The molecule has 6 heteroatoms. The maximum Gasteiger partial charge on any atom is 0.483 e. The molecule has 1 nitrogen and oxygen atoms in total. The van der Waals surface area contributed by atoms with Crippen LogP contribution in [0.25, 0.3) is 0 Å². The predicted molar refractivity (Wildman–Crippen MR) is 34.0 cm³/mol. The fourth-order valence-corrected chi connectivity index (χ4v) is 0.851. The standard InChI is InChI=1S/C4H7BF3O.K/c6-5(7,8)4-1-2-9-3-4;/h4H,1-3H2;/q-1;. The van der Waals surface area contributed by atoms with E-state index in [4.69, 9.17) is 0 Å². The Kier molecular flexibility index (Phi) is 5.12. The van der Waals surface area contributed by atoms with E-state index in [0.717, 1.165) is 0 Å². The minimum Gasteiger partial charge on any atom is -0.449 e. The van der Waals surface area contributed by atoms with Crippen molar-refractivity contribution in [1.82, 2.24) is 0 Å². The SMILES string of the molecule is F[B-](F)(F)C1CCOC1.[K]. The van der Waals surface area contributed by atoms with Crippen molar-refractivity contribution >= 4 is 58.4 Å². The monoisotopic (exact) mass is 178 g/mol. The first kappa shape index (κ1) is 11.5. The van der Waals surface area contributed by atoms with E-state index in [2.05, 4.69) is 4.74 Å². The van der Waals surface area contributed by atoms with Gasteiger partial charge in [-0.1, -0.05) is 0 Å². The summed E-state index contributed by atoms with van der Waals surface area (Å²) in [6.07, 6.45) is 0.156. The molecule has 0 aromatic carbocycles. The summed E-state index contributed by atoms with van der Waals surface area (Å²) in [4.78, 5) is 0. The fraction of sp³-hybridized carbons (Fsp3) is 1.00. The molecule has 1 unspecified atom stereocenters. The maximum atomic E-state index is 11.7. The smallest absolute Gasteiger partial charge is 0.449 e. The summed E-state index contributed by atoms with van der Waals surface area (Å²) in [6.45, 7) is -4.48. The van der Waals surface area contributed by atoms with E-state index in [1.807, 2.05) is 0 Å². The van der Waals surface area contributed by atoms with Crippen LogP contribution in [-0.2, 0) is 4.74 Å². The Hall–Kier alpha value is 1.45. The fourth-order valence-electron chi connectivity index (χ4n) is 0.851. The summed E-state index contributed by atoms with van der Waals surface area (Å²) in [5.41, 5.74) is 0. The van der Waals surface area contributed by atoms with Crippen LogP contribution in [0, 0.1) is 0 Å². The van der Waals surface area contributed by atoms with Crippen LogP contribution in [0.2, 0.25) is 5.82 Å². The molecule has 0 aliphatic carbocycles. The molecule has 10 heavy (non-hydrogen) atoms. The quantitative estimate of drug-likeness (QED) is 0.549. The zero-order chi connectivity index (χ0) is 6.91. The molecule has 1 aliphatic rings. The summed E-state index contributed by atoms with van der Waals surface area (Å²) < 4.78 is 39.8. The first-order valence-electron chi connectivity index (χ1n) is 2.88. The predicted octanol–water partition coefficient (Wildman–Crippen LogP) is 1.24. The first-order chi connectivity index (χ1) is 4.11. The third-order valence-corrected chi connectivity index (χ3v) is 1.50. The Bertz CT molecular complexity index is 101. The molecule has 0 aromatic heterocycles. The summed E-state index contributed by atoms with van der Waals surface area (Å²) in [5, 5.41) is 0. The number of hydrogen-bond acceptors (Lipinski definition) is 1. The molecule has 1 heterocycles. The molecule has 0 spiro atoms. The molecule has 0 saturated carbocycles. The Morgan fingerprint density at radius 3 is 2.10 bits per heavy atom. The molecule has 55 valence electrons. The average molecular weight is 178 g/mol. The molecule has 0 bridgehead atoms. The zero-order valence-corrected chi connectivity index (χ0v) is 8.94. The Labute approximate surface area is 100 Å². The number of rotatable bonds is 1. The molecule has 1 saturated heterocycles. The van der Waals surface area contributed by atoms with Gasteiger partial charge >= 0.3 is 6.98 Å². The number of ether oxygens (including phenoxy) is 1. The largest absolute Gasteiger partial charge is 0.483 e. The van der Waals surface area contributed by atoms with Crippen molar-refractivity contribution in [1.29, 1.82) is 0 Å². The van der Waals surface area contributed by atoms with Gasteiger partial charge in [-0.2, -0.15) is 0 Å². The summed E-state index contributed by atoms with van der Waals surface area (Å²) in [6, 6.07) is 0. The second-order valence-corrected chi connectivity index (χ2v) is 2.25. The second-order valence-electron chi connectivity index (χ2n) is 2.25. The van der Waals surface area contributed by atoms with E-state index in [9.17, 15) is 12.9 Å². The Morgan fingerprint density at radius 2 is 1.90 bits per heavy atom. The van der Waals surface area contributed by atoms with Crippen LogP contribution in [-0.4, -0.2) is 71.6 Å². The topological polar surface area (TPSA) is 9.23 Å². The summed E-state index contributed by atoms with van der Waals surface area (Å²) in [7, 11) is 0. The summed E-state index contributed by atoms with van der Waals surface area (Å²) in [5.74, 6) is -1.15. The maximum absolute atomic E-state index is 11.7. The van der Waals surface area contributed by atoms with Crippen molar-refractivity contribution in [3.05, 3.63) is 0 Å². The Balaban J connectivity index is 0.000000810. The van der Waals surface area contributed by atoms with Gasteiger partial charge in [0.05, 0.1) is 0 Å². The molecule has 0 N–H and O–H groups in total. The van der Waals surface area contributed by atoms with Gasteiger partial charge in [-0.3, -0.25) is 0 Å². The van der Waals surface area contributed by atoms with Gasteiger partial charge in [0.25, 0.3) is 0 Å². The van der Waals surface area contributed by atoms with Crippen LogP contribution in [0.1, 0.15) is 6.42 Å². The third-order valence-electron chi connectivity index (χ3n) is 1.50. The van der Waals surface area contributed by atoms with Gasteiger partial charge in [0.15, 0.2) is 0 Å². The molecular weight excluding hydrogens is 171 g/mol. The molecule has 1 fully saturated rings. The van der Waals surface area contributed by atoms with E-state index in [1.165, 1.54) is 0 Å². The minimum absolute atomic E-state index is 0. The van der Waals surface area contributed by atoms with Crippen molar-refractivity contribution in [3.63, 3.8) is 0 Å². The molecule has 1 radical (unpaired) electrons. The normalized spacial score (nSPS) is 26.1. The van der Waals surface area contributed by atoms with Crippen molar-refractivity contribution < 1.29 is 17.7 Å². The molecule has 0 aromatic rings. The van der Waals surface area contributed by atoms with E-state index in [1.54, 1.807) is 0 Å². The van der Waals surface area contributed by atoms with Crippen molar-refractivity contribution in [2.45, 2.75) is 12.2 Å². The third kappa shape index (κ3) is 3.23. The van der Waals surface area contributed by atoms with Crippen molar-refractivity contribution in [2.75, 3.05) is 13.2 Å². The van der Waals surface area contributed by atoms with E-state index >= 15 is 0 Å². The first-order valence-corrected chi connectivity index (χ1v) is 2.88. The van der Waals surface area contributed by atoms with Gasteiger partial charge in [0.1, 0.15) is 0 Å². The Morgan fingerprint density at radius 1 is 1.30 bits per heavy atom. The van der Waals surface area contributed by atoms with Crippen LogP contribution < -0.4 is 0 Å². The van der Waals surface area contributed by atoms with E-state index in [-0.39, 0.29) is 71.0 Å². The molecule has 1 rings (SSSR count). The van der Waals surface area contributed by atoms with E-state index < -0.39 is 12.8 Å². The van der Waals surface area contributed by atoms with Crippen LogP contribution >= 0.6 is 0 Å². The molecule has 1 aliphatic heterocycles. The number of hydrogen-bond donors (Lipinski definition) is 0. The van der Waals surface area contributed by atoms with Crippen LogP contribution in [0.4, 0.5) is 12.9 Å². The van der Waals surface area contributed by atoms with Crippen LogP contribution in [0.5, 0.6) is 0 Å². The minimum atomic E-state index is -4.63. The van der Waals surface area contributed by atoms with Gasteiger partial charge in [-0.05, 0) is 12.2 Å². The van der Waals surface area contributed by atoms with E-state index in [0.29, 0.717) is 0 Å². The average Bonchev–Trinajstić information content (AvgIpc) is 2.08. The zero-order valence-electron chi connectivity index (χ0n) is 5.82. The van der Waals surface area contributed by atoms with Crippen molar-refractivity contribution in [3.8, 4) is 0 Å².